The molecule has 8 heteroatoms. The van der Waals surface area contributed by atoms with E-state index in [-0.39, 0.29) is 0 Å². The van der Waals surface area contributed by atoms with Crippen LogP contribution in [0.5, 0.6) is 0 Å². The van der Waals surface area contributed by atoms with Crippen molar-refractivity contribution in [3.05, 3.63) is 61.2 Å². The maximum atomic E-state index is 6.37. The molecule has 0 saturated heterocycles. The summed E-state index contributed by atoms with van der Waals surface area (Å²) in [5.41, 5.74) is 12.5. The molecular formula is C22H18N8. The molecule has 0 aliphatic rings. The van der Waals surface area contributed by atoms with Crippen molar-refractivity contribution in [1.29, 1.82) is 0 Å². The first-order valence-corrected chi connectivity index (χ1v) is 9.57. The van der Waals surface area contributed by atoms with Crippen molar-refractivity contribution in [2.75, 3.05) is 5.73 Å². The zero-order chi connectivity index (χ0) is 20.4. The number of aryl methyl sites for hydroxylation is 2. The zero-order valence-corrected chi connectivity index (χ0v) is 16.5. The van der Waals surface area contributed by atoms with Crippen molar-refractivity contribution in [1.82, 2.24) is 33.7 Å². The highest BCUT2D eigenvalue weighted by molar-refractivity contribution is 5.95. The van der Waals surface area contributed by atoms with Gasteiger partial charge in [-0.1, -0.05) is 0 Å². The summed E-state index contributed by atoms with van der Waals surface area (Å²) in [6, 6.07) is 11.8. The number of nitrogen functional groups attached to an aromatic ring is 1. The summed E-state index contributed by atoms with van der Waals surface area (Å²) in [7, 11) is 3.96. The number of pyridine rings is 2. The Morgan fingerprint density at radius 2 is 1.40 bits per heavy atom. The Hall–Kier alpha value is -4.20. The predicted molar refractivity (Wildman–Crippen MR) is 117 cm³/mol. The van der Waals surface area contributed by atoms with Crippen LogP contribution in [-0.2, 0) is 14.1 Å². The molecule has 6 aromatic heterocycles. The second-order valence-electron chi connectivity index (χ2n) is 7.42. The third kappa shape index (κ3) is 2.27. The minimum atomic E-state index is 0.528. The van der Waals surface area contributed by atoms with Crippen molar-refractivity contribution >= 4 is 33.5 Å². The molecule has 0 spiro atoms. The smallest absolute Gasteiger partial charge is 0.158 e. The first kappa shape index (κ1) is 16.7. The lowest BCUT2D eigenvalue weighted by atomic mass is 10.1. The van der Waals surface area contributed by atoms with Gasteiger partial charge in [-0.2, -0.15) is 9.61 Å². The van der Waals surface area contributed by atoms with Gasteiger partial charge in [0.2, 0.25) is 0 Å². The maximum absolute atomic E-state index is 6.37. The fraction of sp³-hybridized carbons (Fsp3) is 0.0909. The fourth-order valence-corrected chi connectivity index (χ4v) is 4.10. The fourth-order valence-electron chi connectivity index (χ4n) is 4.10. The van der Waals surface area contributed by atoms with E-state index in [0.29, 0.717) is 11.5 Å². The van der Waals surface area contributed by atoms with Gasteiger partial charge in [-0.15, -0.1) is 0 Å². The molecule has 0 bridgehead atoms. The van der Waals surface area contributed by atoms with E-state index in [1.807, 2.05) is 72.0 Å². The van der Waals surface area contributed by atoms with E-state index in [9.17, 15) is 0 Å². The van der Waals surface area contributed by atoms with E-state index in [0.717, 1.165) is 44.6 Å². The SMILES string of the molecule is Cn1cc(-c2cc(N)n3nc(-c4cn(C)c5ncccc45)cc3n2)c2cccnc21. The van der Waals surface area contributed by atoms with Crippen LogP contribution in [0.25, 0.3) is 50.2 Å². The first-order chi connectivity index (χ1) is 14.6. The molecule has 0 fully saturated rings. The molecule has 0 aliphatic carbocycles. The van der Waals surface area contributed by atoms with Crippen molar-refractivity contribution < 1.29 is 0 Å². The van der Waals surface area contributed by atoms with Gasteiger partial charge in [-0.25, -0.2) is 15.0 Å². The van der Waals surface area contributed by atoms with E-state index in [1.165, 1.54) is 0 Å². The van der Waals surface area contributed by atoms with Crippen LogP contribution in [-0.4, -0.2) is 33.7 Å². The third-order valence-electron chi connectivity index (χ3n) is 5.47. The highest BCUT2D eigenvalue weighted by Gasteiger charge is 2.17. The Balaban J connectivity index is 1.57. The van der Waals surface area contributed by atoms with Gasteiger partial charge in [0.15, 0.2) is 5.65 Å². The Morgan fingerprint density at radius 3 is 2.03 bits per heavy atom. The molecule has 0 saturated carbocycles. The molecule has 0 aliphatic heterocycles. The van der Waals surface area contributed by atoms with Gasteiger partial charge in [-0.3, -0.25) is 0 Å². The molecule has 2 N–H and O–H groups in total. The minimum Gasteiger partial charge on any atom is -0.384 e. The van der Waals surface area contributed by atoms with Crippen molar-refractivity contribution in [2.45, 2.75) is 0 Å². The Bertz CT molecular complexity index is 1580. The average Bonchev–Trinajstić information content (AvgIpc) is 3.43. The summed E-state index contributed by atoms with van der Waals surface area (Å²) < 4.78 is 5.68. The van der Waals surface area contributed by atoms with E-state index in [2.05, 4.69) is 9.97 Å². The number of nitrogens with zero attached hydrogens (tertiary/aromatic N) is 7. The molecule has 8 nitrogen and oxygen atoms in total. The highest BCUT2D eigenvalue weighted by Crippen LogP contribution is 2.32. The zero-order valence-electron chi connectivity index (χ0n) is 16.5. The molecule has 6 heterocycles. The lowest BCUT2D eigenvalue weighted by Crippen LogP contribution is -2.01. The summed E-state index contributed by atoms with van der Waals surface area (Å²) in [4.78, 5) is 13.8. The monoisotopic (exact) mass is 394 g/mol. The highest BCUT2D eigenvalue weighted by atomic mass is 15.3. The molecule has 0 atom stereocenters. The number of rotatable bonds is 2. The molecule has 0 radical (unpaired) electrons. The molecule has 6 rings (SSSR count). The van der Waals surface area contributed by atoms with Crippen molar-refractivity contribution in [3.8, 4) is 22.5 Å². The second-order valence-corrected chi connectivity index (χ2v) is 7.42. The Labute approximate surface area is 171 Å². The van der Waals surface area contributed by atoms with Crippen molar-refractivity contribution in [2.24, 2.45) is 14.1 Å². The number of anilines is 1. The molecule has 0 unspecified atom stereocenters. The summed E-state index contributed by atoms with van der Waals surface area (Å²) in [6.07, 6.45) is 7.65. The number of nitrogens with two attached hydrogens (primary N) is 1. The summed E-state index contributed by atoms with van der Waals surface area (Å²) >= 11 is 0. The quantitative estimate of drug-likeness (QED) is 0.486. The lowest BCUT2D eigenvalue weighted by Gasteiger charge is -2.03. The third-order valence-corrected chi connectivity index (χ3v) is 5.47. The topological polar surface area (TPSA) is 91.8 Å². The Kier molecular flexibility index (Phi) is 3.29. The molecule has 0 aromatic carbocycles. The lowest BCUT2D eigenvalue weighted by molar-refractivity contribution is 0.941. The number of fused-ring (bicyclic) bond motifs is 3. The molecule has 146 valence electrons. The van der Waals surface area contributed by atoms with Gasteiger partial charge >= 0.3 is 0 Å². The van der Waals surface area contributed by atoms with Crippen LogP contribution >= 0.6 is 0 Å². The maximum Gasteiger partial charge on any atom is 0.158 e. The van der Waals surface area contributed by atoms with Crippen LogP contribution in [0.15, 0.2) is 61.2 Å². The number of hydrogen-bond donors (Lipinski definition) is 1. The van der Waals surface area contributed by atoms with Crippen LogP contribution in [0.1, 0.15) is 0 Å². The molecule has 30 heavy (non-hydrogen) atoms. The van der Waals surface area contributed by atoms with Crippen LogP contribution in [0.2, 0.25) is 0 Å². The van der Waals surface area contributed by atoms with Crippen LogP contribution in [0.3, 0.4) is 0 Å². The van der Waals surface area contributed by atoms with Gasteiger partial charge in [0, 0.05) is 72.9 Å². The van der Waals surface area contributed by atoms with Gasteiger partial charge in [0.25, 0.3) is 0 Å². The molecule has 0 amide bonds. The Morgan fingerprint density at radius 1 is 0.800 bits per heavy atom. The first-order valence-electron chi connectivity index (χ1n) is 9.57. The van der Waals surface area contributed by atoms with Gasteiger partial charge in [0.1, 0.15) is 17.1 Å². The van der Waals surface area contributed by atoms with Gasteiger partial charge in [0.05, 0.1) is 11.4 Å². The largest absolute Gasteiger partial charge is 0.384 e. The van der Waals surface area contributed by atoms with E-state index in [4.69, 9.17) is 15.8 Å². The predicted octanol–water partition coefficient (Wildman–Crippen LogP) is 3.42. The summed E-state index contributed by atoms with van der Waals surface area (Å²) in [5, 5.41) is 6.80. The van der Waals surface area contributed by atoms with E-state index < -0.39 is 0 Å². The standard InChI is InChI=1S/C22H18N8/c1-28-11-15(13-5-3-7-24-21(13)28)17-9-19(23)30-20(26-17)10-18(27-30)16-12-29(2)22-14(16)6-4-8-25-22/h3-12H,23H2,1-2H3. The normalized spacial score (nSPS) is 11.8. The van der Waals surface area contributed by atoms with E-state index in [1.54, 1.807) is 16.9 Å². The number of aromatic nitrogens is 7. The molecule has 6 aromatic rings. The van der Waals surface area contributed by atoms with Crippen LogP contribution < -0.4 is 5.73 Å². The minimum absolute atomic E-state index is 0.528. The van der Waals surface area contributed by atoms with Crippen LogP contribution in [0, 0.1) is 0 Å². The van der Waals surface area contributed by atoms with Gasteiger partial charge < -0.3 is 14.9 Å². The van der Waals surface area contributed by atoms with Crippen LogP contribution in [0.4, 0.5) is 5.82 Å². The number of hydrogen-bond acceptors (Lipinski definition) is 5. The van der Waals surface area contributed by atoms with Gasteiger partial charge in [-0.05, 0) is 24.3 Å². The van der Waals surface area contributed by atoms with E-state index >= 15 is 0 Å². The second kappa shape index (κ2) is 5.90. The molecular weight excluding hydrogens is 376 g/mol. The average molecular weight is 394 g/mol. The van der Waals surface area contributed by atoms with Crippen molar-refractivity contribution in [3.63, 3.8) is 0 Å². The summed E-state index contributed by atoms with van der Waals surface area (Å²) in [5.74, 6) is 0.528. The summed E-state index contributed by atoms with van der Waals surface area (Å²) in [6.45, 7) is 0.